The lowest BCUT2D eigenvalue weighted by Gasteiger charge is -2.28. The van der Waals surface area contributed by atoms with Crippen molar-refractivity contribution in [3.8, 4) is 0 Å². The predicted molar refractivity (Wildman–Crippen MR) is 73.7 cm³/mol. The lowest BCUT2D eigenvalue weighted by molar-refractivity contribution is 0.0578. The molecule has 0 aromatic heterocycles. The van der Waals surface area contributed by atoms with Gasteiger partial charge in [-0.25, -0.2) is 4.39 Å². The Morgan fingerprint density at radius 1 is 1.26 bits per heavy atom. The van der Waals surface area contributed by atoms with Gasteiger partial charge in [0.25, 0.3) is 5.91 Å². The Morgan fingerprint density at radius 3 is 2.11 bits per heavy atom. The van der Waals surface area contributed by atoms with Crippen molar-refractivity contribution in [2.24, 2.45) is 0 Å². The van der Waals surface area contributed by atoms with E-state index >= 15 is 0 Å². The largest absolute Gasteiger partial charge is 0.392 e. The number of nitrogens with zero attached hydrogens (tertiary/aromatic N) is 1. The first-order chi connectivity index (χ1) is 8.73. The van der Waals surface area contributed by atoms with E-state index in [4.69, 9.17) is 0 Å². The van der Waals surface area contributed by atoms with E-state index in [2.05, 4.69) is 0 Å². The monoisotopic (exact) mass is 267 g/mol. The van der Waals surface area contributed by atoms with Gasteiger partial charge in [0, 0.05) is 18.2 Å². The van der Waals surface area contributed by atoms with Gasteiger partial charge in [-0.2, -0.15) is 0 Å². The standard InChI is InChI=1S/C15H22FNO2/c1-9(2)17(8-12(5)18)15(19)13-6-10(3)14(16)11(4)7-13/h6-7,9,12,18H,8H2,1-5H3. The molecule has 1 unspecified atom stereocenters. The van der Waals surface area contributed by atoms with Crippen molar-refractivity contribution in [3.63, 3.8) is 0 Å². The van der Waals surface area contributed by atoms with Crippen molar-refractivity contribution in [1.29, 1.82) is 0 Å². The van der Waals surface area contributed by atoms with Crippen LogP contribution in [0.4, 0.5) is 4.39 Å². The third-order valence-electron chi connectivity index (χ3n) is 3.03. The van der Waals surface area contributed by atoms with Gasteiger partial charge in [0.15, 0.2) is 0 Å². The number of aliphatic hydroxyl groups is 1. The fourth-order valence-electron chi connectivity index (χ4n) is 2.05. The summed E-state index contributed by atoms with van der Waals surface area (Å²) in [6, 6.07) is 3.09. The zero-order valence-electron chi connectivity index (χ0n) is 12.2. The Labute approximate surface area is 114 Å². The number of hydrogen-bond donors (Lipinski definition) is 1. The Kier molecular flexibility index (Phi) is 5.06. The number of aryl methyl sites for hydroxylation is 2. The number of amides is 1. The SMILES string of the molecule is Cc1cc(C(=O)N(CC(C)O)C(C)C)cc(C)c1F. The summed E-state index contributed by atoms with van der Waals surface area (Å²) >= 11 is 0. The van der Waals surface area contributed by atoms with Gasteiger partial charge >= 0.3 is 0 Å². The molecule has 19 heavy (non-hydrogen) atoms. The number of carbonyl (C=O) groups excluding carboxylic acids is 1. The summed E-state index contributed by atoms with van der Waals surface area (Å²) in [5.41, 5.74) is 1.39. The molecule has 0 aliphatic heterocycles. The number of hydrogen-bond acceptors (Lipinski definition) is 2. The van der Waals surface area contributed by atoms with Gasteiger partial charge in [0.05, 0.1) is 6.10 Å². The Morgan fingerprint density at radius 2 is 1.74 bits per heavy atom. The number of carbonyl (C=O) groups is 1. The van der Waals surface area contributed by atoms with Crippen molar-refractivity contribution < 1.29 is 14.3 Å². The third-order valence-corrected chi connectivity index (χ3v) is 3.03. The molecule has 0 spiro atoms. The summed E-state index contributed by atoms with van der Waals surface area (Å²) in [6.45, 7) is 8.99. The fraction of sp³-hybridized carbons (Fsp3) is 0.533. The molecule has 1 atom stereocenters. The quantitative estimate of drug-likeness (QED) is 0.911. The third kappa shape index (κ3) is 3.77. The van der Waals surface area contributed by atoms with Crippen molar-refractivity contribution in [1.82, 2.24) is 4.90 Å². The van der Waals surface area contributed by atoms with E-state index in [1.165, 1.54) is 0 Å². The van der Waals surface area contributed by atoms with Crippen LogP contribution in [-0.4, -0.2) is 34.6 Å². The zero-order chi connectivity index (χ0) is 14.7. The normalized spacial score (nSPS) is 12.6. The van der Waals surface area contributed by atoms with Crippen LogP contribution < -0.4 is 0 Å². The molecule has 4 heteroatoms. The Hall–Kier alpha value is -1.42. The zero-order valence-corrected chi connectivity index (χ0v) is 12.2. The predicted octanol–water partition coefficient (Wildman–Crippen LogP) is 2.67. The molecule has 3 nitrogen and oxygen atoms in total. The van der Waals surface area contributed by atoms with Crippen molar-refractivity contribution in [3.05, 3.63) is 34.6 Å². The van der Waals surface area contributed by atoms with Crippen LogP contribution in [0, 0.1) is 19.7 Å². The first kappa shape index (κ1) is 15.6. The molecule has 0 saturated heterocycles. The smallest absolute Gasteiger partial charge is 0.254 e. The molecule has 0 aliphatic carbocycles. The second-order valence-electron chi connectivity index (χ2n) is 5.32. The van der Waals surface area contributed by atoms with Gasteiger partial charge in [-0.1, -0.05) is 0 Å². The van der Waals surface area contributed by atoms with Gasteiger partial charge < -0.3 is 10.0 Å². The van der Waals surface area contributed by atoms with Crippen LogP contribution in [0.15, 0.2) is 12.1 Å². The van der Waals surface area contributed by atoms with E-state index in [9.17, 15) is 14.3 Å². The highest BCUT2D eigenvalue weighted by molar-refractivity contribution is 5.94. The molecule has 1 aromatic rings. The van der Waals surface area contributed by atoms with Crippen molar-refractivity contribution in [2.75, 3.05) is 6.54 Å². The maximum absolute atomic E-state index is 13.6. The minimum absolute atomic E-state index is 0.0206. The Bertz CT molecular complexity index is 446. The molecule has 1 rings (SSSR count). The average molecular weight is 267 g/mol. The van der Waals surface area contributed by atoms with Crippen molar-refractivity contribution >= 4 is 5.91 Å². The molecule has 0 radical (unpaired) electrons. The van der Waals surface area contributed by atoms with E-state index in [0.29, 0.717) is 16.7 Å². The van der Waals surface area contributed by atoms with Gasteiger partial charge in [0.1, 0.15) is 5.82 Å². The average Bonchev–Trinajstić information content (AvgIpc) is 2.31. The topological polar surface area (TPSA) is 40.5 Å². The first-order valence-corrected chi connectivity index (χ1v) is 6.49. The maximum Gasteiger partial charge on any atom is 0.254 e. The van der Waals surface area contributed by atoms with Gasteiger partial charge in [-0.3, -0.25) is 4.79 Å². The Balaban J connectivity index is 3.10. The van der Waals surface area contributed by atoms with Crippen LogP contribution in [0.5, 0.6) is 0 Å². The minimum Gasteiger partial charge on any atom is -0.392 e. The van der Waals surface area contributed by atoms with Gasteiger partial charge in [-0.05, 0) is 57.9 Å². The first-order valence-electron chi connectivity index (χ1n) is 6.49. The molecule has 1 aromatic carbocycles. The highest BCUT2D eigenvalue weighted by Gasteiger charge is 2.21. The van der Waals surface area contributed by atoms with E-state index in [-0.39, 0.29) is 24.3 Å². The van der Waals surface area contributed by atoms with Crippen LogP contribution >= 0.6 is 0 Å². The molecular weight excluding hydrogens is 245 g/mol. The summed E-state index contributed by atoms with van der Waals surface area (Å²) in [5, 5.41) is 9.47. The second kappa shape index (κ2) is 6.15. The van der Waals surface area contributed by atoms with Crippen LogP contribution in [0.2, 0.25) is 0 Å². The van der Waals surface area contributed by atoms with Crippen LogP contribution in [0.3, 0.4) is 0 Å². The molecular formula is C15H22FNO2. The molecule has 0 aliphatic rings. The molecule has 1 N–H and O–H groups in total. The van der Waals surface area contributed by atoms with E-state index < -0.39 is 6.10 Å². The number of benzene rings is 1. The summed E-state index contributed by atoms with van der Waals surface area (Å²) < 4.78 is 13.6. The second-order valence-corrected chi connectivity index (χ2v) is 5.32. The number of aliphatic hydroxyl groups excluding tert-OH is 1. The van der Waals surface area contributed by atoms with Crippen LogP contribution in [-0.2, 0) is 0 Å². The molecule has 0 fully saturated rings. The minimum atomic E-state index is -0.589. The van der Waals surface area contributed by atoms with Gasteiger partial charge in [0.2, 0.25) is 0 Å². The maximum atomic E-state index is 13.6. The molecule has 0 saturated carbocycles. The fourth-order valence-corrected chi connectivity index (χ4v) is 2.05. The highest BCUT2D eigenvalue weighted by atomic mass is 19.1. The molecule has 106 valence electrons. The van der Waals surface area contributed by atoms with Crippen molar-refractivity contribution in [2.45, 2.75) is 46.8 Å². The summed E-state index contributed by atoms with van der Waals surface area (Å²) in [5.74, 6) is -0.453. The summed E-state index contributed by atoms with van der Waals surface area (Å²) in [4.78, 5) is 14.0. The lowest BCUT2D eigenvalue weighted by Crippen LogP contribution is -2.41. The number of halogens is 1. The van der Waals surface area contributed by atoms with Crippen LogP contribution in [0.25, 0.3) is 0 Å². The summed E-state index contributed by atoms with van der Waals surface area (Å²) in [7, 11) is 0. The van der Waals surface area contributed by atoms with Crippen LogP contribution in [0.1, 0.15) is 42.3 Å². The van der Waals surface area contributed by atoms with Gasteiger partial charge in [-0.15, -0.1) is 0 Å². The lowest BCUT2D eigenvalue weighted by atomic mass is 10.0. The highest BCUT2D eigenvalue weighted by Crippen LogP contribution is 2.17. The van der Waals surface area contributed by atoms with E-state index in [0.717, 1.165) is 0 Å². The molecule has 0 bridgehead atoms. The van der Waals surface area contributed by atoms with E-state index in [1.807, 2.05) is 13.8 Å². The van der Waals surface area contributed by atoms with E-state index in [1.54, 1.807) is 37.8 Å². The summed E-state index contributed by atoms with van der Waals surface area (Å²) in [6.07, 6.45) is -0.589. The molecule has 0 heterocycles. The molecule has 1 amide bonds. The number of rotatable bonds is 4.